The average molecular weight is 230 g/mol. The normalized spacial score (nSPS) is 12.4. The summed E-state index contributed by atoms with van der Waals surface area (Å²) in [7, 11) is 2.05. The largest absolute Gasteiger partial charge is 0.480 e. The van der Waals surface area contributed by atoms with Crippen molar-refractivity contribution in [3.8, 4) is 0 Å². The molecular weight excluding hydrogens is 204 g/mol. The number of carbonyl (C=O) groups is 1. The molecule has 16 heavy (non-hydrogen) atoms. The number of carboxylic acids is 1. The first kappa shape index (κ1) is 15.4. The van der Waals surface area contributed by atoms with Gasteiger partial charge in [0, 0.05) is 19.1 Å². The topological polar surface area (TPSA) is 52.6 Å². The minimum Gasteiger partial charge on any atom is -0.480 e. The van der Waals surface area contributed by atoms with Crippen LogP contribution in [0.3, 0.4) is 0 Å². The van der Waals surface area contributed by atoms with Crippen LogP contribution >= 0.6 is 0 Å². The van der Waals surface area contributed by atoms with Gasteiger partial charge >= 0.3 is 5.97 Å². The molecule has 0 aromatic carbocycles. The molecule has 0 bridgehead atoms. The second kappa shape index (κ2) is 6.86. The minimum absolute atomic E-state index is 0.490. The van der Waals surface area contributed by atoms with Crippen molar-refractivity contribution in [3.05, 3.63) is 0 Å². The van der Waals surface area contributed by atoms with Gasteiger partial charge in [-0.15, -0.1) is 0 Å². The van der Waals surface area contributed by atoms with Crippen LogP contribution in [0, 0.1) is 0 Å². The van der Waals surface area contributed by atoms with E-state index >= 15 is 0 Å². The van der Waals surface area contributed by atoms with E-state index in [1.165, 1.54) is 0 Å². The van der Waals surface area contributed by atoms with Crippen LogP contribution < -0.4 is 5.32 Å². The molecule has 0 aromatic rings. The lowest BCUT2D eigenvalue weighted by Gasteiger charge is -2.30. The zero-order valence-electron chi connectivity index (χ0n) is 11.2. The van der Waals surface area contributed by atoms with Crippen molar-refractivity contribution < 1.29 is 9.90 Å². The first-order valence-corrected chi connectivity index (χ1v) is 6.08. The predicted molar refractivity (Wildman–Crippen MR) is 66.7 cm³/mol. The molecule has 0 radical (unpaired) electrons. The van der Waals surface area contributed by atoms with Gasteiger partial charge in [-0.25, -0.2) is 0 Å². The zero-order valence-corrected chi connectivity index (χ0v) is 11.2. The number of nitrogens with one attached hydrogen (secondary N) is 1. The molecule has 0 aliphatic carbocycles. The summed E-state index contributed by atoms with van der Waals surface area (Å²) >= 11 is 0. The second-order valence-electron chi connectivity index (χ2n) is 4.60. The maximum atomic E-state index is 11.2. The number of likely N-dealkylation sites (N-methyl/N-ethyl adjacent to an activating group) is 1. The molecule has 0 fully saturated rings. The molecule has 2 N–H and O–H groups in total. The summed E-state index contributed by atoms with van der Waals surface area (Å²) in [5.41, 5.74) is -0.752. The Morgan fingerprint density at radius 1 is 1.38 bits per heavy atom. The lowest BCUT2D eigenvalue weighted by Crippen LogP contribution is -2.53. The van der Waals surface area contributed by atoms with E-state index in [-0.39, 0.29) is 0 Å². The maximum absolute atomic E-state index is 11.2. The van der Waals surface area contributed by atoms with E-state index in [0.29, 0.717) is 25.4 Å². The van der Waals surface area contributed by atoms with Gasteiger partial charge in [-0.05, 0) is 33.7 Å². The summed E-state index contributed by atoms with van der Waals surface area (Å²) in [6, 6.07) is 0.490. The van der Waals surface area contributed by atoms with Crippen LogP contribution in [0.25, 0.3) is 0 Å². The van der Waals surface area contributed by atoms with E-state index in [4.69, 9.17) is 0 Å². The third kappa shape index (κ3) is 4.10. The summed E-state index contributed by atoms with van der Waals surface area (Å²) in [6.45, 7) is 9.66. The fourth-order valence-corrected chi connectivity index (χ4v) is 1.61. The molecule has 0 rings (SSSR count). The van der Waals surface area contributed by atoms with E-state index in [0.717, 1.165) is 6.54 Å². The van der Waals surface area contributed by atoms with Gasteiger partial charge in [-0.3, -0.25) is 4.79 Å². The van der Waals surface area contributed by atoms with E-state index in [2.05, 4.69) is 24.1 Å². The molecule has 0 aliphatic heterocycles. The van der Waals surface area contributed by atoms with E-state index < -0.39 is 11.5 Å². The Kier molecular flexibility index (Phi) is 6.60. The quantitative estimate of drug-likeness (QED) is 0.664. The molecular formula is C12H26N2O2. The third-order valence-electron chi connectivity index (χ3n) is 3.43. The Hall–Kier alpha value is -0.610. The van der Waals surface area contributed by atoms with Gasteiger partial charge in [-0.1, -0.05) is 13.8 Å². The Morgan fingerprint density at radius 3 is 2.19 bits per heavy atom. The molecule has 96 valence electrons. The van der Waals surface area contributed by atoms with Crippen molar-refractivity contribution in [2.75, 3.05) is 20.1 Å². The number of nitrogens with zero attached hydrogens (tertiary/aromatic N) is 1. The second-order valence-corrected chi connectivity index (χ2v) is 4.60. The van der Waals surface area contributed by atoms with Crippen molar-refractivity contribution in [3.63, 3.8) is 0 Å². The van der Waals surface area contributed by atoms with Gasteiger partial charge < -0.3 is 15.3 Å². The molecule has 4 heteroatoms. The van der Waals surface area contributed by atoms with Crippen LogP contribution in [0.4, 0.5) is 0 Å². The number of hydrogen-bond donors (Lipinski definition) is 2. The van der Waals surface area contributed by atoms with Crippen LogP contribution in [-0.2, 0) is 4.79 Å². The van der Waals surface area contributed by atoms with E-state index in [9.17, 15) is 9.90 Å². The first-order valence-electron chi connectivity index (χ1n) is 6.08. The maximum Gasteiger partial charge on any atom is 0.323 e. The van der Waals surface area contributed by atoms with Crippen LogP contribution in [0.15, 0.2) is 0 Å². The monoisotopic (exact) mass is 230 g/mol. The van der Waals surface area contributed by atoms with Gasteiger partial charge in [-0.2, -0.15) is 0 Å². The minimum atomic E-state index is -0.752. The van der Waals surface area contributed by atoms with Crippen LogP contribution in [0.5, 0.6) is 0 Å². The van der Waals surface area contributed by atoms with Crippen LogP contribution in [-0.4, -0.2) is 47.7 Å². The van der Waals surface area contributed by atoms with Crippen molar-refractivity contribution >= 4 is 5.97 Å². The van der Waals surface area contributed by atoms with Gasteiger partial charge in [0.2, 0.25) is 0 Å². The van der Waals surface area contributed by atoms with Gasteiger partial charge in [0.05, 0.1) is 0 Å². The Labute approximate surface area is 99.0 Å². The SMILES string of the molecule is CCC(CC)(NCCN(C)C(C)C)C(=O)O. The fourth-order valence-electron chi connectivity index (χ4n) is 1.61. The third-order valence-corrected chi connectivity index (χ3v) is 3.43. The Bertz CT molecular complexity index is 213. The predicted octanol–water partition coefficient (Wildman–Crippen LogP) is 1.56. The number of carboxylic acid groups (broad SMARTS) is 1. The smallest absolute Gasteiger partial charge is 0.323 e. The highest BCUT2D eigenvalue weighted by atomic mass is 16.4. The number of aliphatic carboxylic acids is 1. The summed E-state index contributed by atoms with van der Waals surface area (Å²) in [4.78, 5) is 13.4. The zero-order chi connectivity index (χ0) is 12.8. The van der Waals surface area contributed by atoms with E-state index in [1.807, 2.05) is 20.9 Å². The molecule has 0 amide bonds. The van der Waals surface area contributed by atoms with Gasteiger partial charge in [0.15, 0.2) is 0 Å². The lowest BCUT2D eigenvalue weighted by atomic mass is 9.93. The number of hydrogen-bond acceptors (Lipinski definition) is 3. The fraction of sp³-hybridized carbons (Fsp3) is 0.917. The molecule has 0 spiro atoms. The summed E-state index contributed by atoms with van der Waals surface area (Å²) in [6.07, 6.45) is 1.23. The summed E-state index contributed by atoms with van der Waals surface area (Å²) in [5.74, 6) is -0.746. The van der Waals surface area contributed by atoms with Crippen molar-refractivity contribution in [1.82, 2.24) is 10.2 Å². The summed E-state index contributed by atoms with van der Waals surface area (Å²) in [5, 5.41) is 12.4. The molecule has 0 unspecified atom stereocenters. The lowest BCUT2D eigenvalue weighted by molar-refractivity contribution is -0.145. The highest BCUT2D eigenvalue weighted by Crippen LogP contribution is 2.14. The molecule has 0 heterocycles. The standard InChI is InChI=1S/C12H26N2O2/c1-6-12(7-2,11(15)16)13-8-9-14(5)10(3)4/h10,13H,6-9H2,1-5H3,(H,15,16). The van der Waals surface area contributed by atoms with Crippen molar-refractivity contribution in [2.24, 2.45) is 0 Å². The Morgan fingerprint density at radius 2 is 1.88 bits per heavy atom. The molecule has 4 nitrogen and oxygen atoms in total. The van der Waals surface area contributed by atoms with Gasteiger partial charge in [0.25, 0.3) is 0 Å². The number of rotatable bonds is 8. The average Bonchev–Trinajstić information content (AvgIpc) is 2.23. The molecule has 0 aromatic heterocycles. The highest BCUT2D eigenvalue weighted by Gasteiger charge is 2.33. The molecule has 0 atom stereocenters. The highest BCUT2D eigenvalue weighted by molar-refractivity contribution is 5.78. The molecule has 0 saturated carbocycles. The van der Waals surface area contributed by atoms with Gasteiger partial charge in [0.1, 0.15) is 5.54 Å². The van der Waals surface area contributed by atoms with Crippen LogP contribution in [0.2, 0.25) is 0 Å². The van der Waals surface area contributed by atoms with Crippen molar-refractivity contribution in [2.45, 2.75) is 52.1 Å². The summed E-state index contributed by atoms with van der Waals surface area (Å²) < 4.78 is 0. The molecule has 0 aliphatic rings. The first-order chi connectivity index (χ1) is 7.39. The Balaban J connectivity index is 4.19. The van der Waals surface area contributed by atoms with E-state index in [1.54, 1.807) is 0 Å². The molecule has 0 saturated heterocycles. The van der Waals surface area contributed by atoms with Crippen LogP contribution in [0.1, 0.15) is 40.5 Å². The van der Waals surface area contributed by atoms with Crippen molar-refractivity contribution in [1.29, 1.82) is 0 Å².